The Morgan fingerprint density at radius 2 is 2.08 bits per heavy atom. The molecule has 0 saturated heterocycles. The molecule has 0 atom stereocenters. The predicted octanol–water partition coefficient (Wildman–Crippen LogP) is 2.11. The van der Waals surface area contributed by atoms with Crippen molar-refractivity contribution in [3.05, 3.63) is 36.7 Å². The van der Waals surface area contributed by atoms with Gasteiger partial charge in [0.2, 0.25) is 0 Å². The lowest BCUT2D eigenvalue weighted by molar-refractivity contribution is 1.08. The topological polar surface area (TPSA) is 41.6 Å². The molecule has 2 aromatic heterocycles. The largest absolute Gasteiger partial charge is 0.361 e. The van der Waals surface area contributed by atoms with Gasteiger partial charge in [-0.05, 0) is 18.2 Å². The number of rotatable bonds is 0. The Balaban J connectivity index is 2.65. The molecule has 0 bridgehead atoms. The van der Waals surface area contributed by atoms with E-state index in [0.29, 0.717) is 0 Å². The van der Waals surface area contributed by atoms with Crippen LogP contribution in [-0.4, -0.2) is 15.2 Å². The van der Waals surface area contributed by atoms with Crippen LogP contribution in [0.1, 0.15) is 0 Å². The number of hydrogen-bond acceptors (Lipinski definition) is 2. The van der Waals surface area contributed by atoms with Gasteiger partial charge in [-0.15, -0.1) is 0 Å². The Kier molecular flexibility index (Phi) is 1.16. The molecular formula is C10H7N3. The summed E-state index contributed by atoms with van der Waals surface area (Å²) >= 11 is 0. The van der Waals surface area contributed by atoms with Gasteiger partial charge in [-0.1, -0.05) is 6.07 Å². The molecule has 0 aliphatic carbocycles. The zero-order chi connectivity index (χ0) is 8.67. The van der Waals surface area contributed by atoms with Crippen LogP contribution in [0.15, 0.2) is 36.7 Å². The number of nitrogens with zero attached hydrogens (tertiary/aromatic N) is 2. The number of aromatic amines is 1. The Morgan fingerprint density at radius 1 is 1.08 bits per heavy atom. The molecule has 62 valence electrons. The molecule has 0 aliphatic rings. The zero-order valence-corrected chi connectivity index (χ0v) is 6.86. The van der Waals surface area contributed by atoms with Gasteiger partial charge in [0, 0.05) is 17.0 Å². The Morgan fingerprint density at radius 3 is 3.08 bits per heavy atom. The molecule has 3 heteroatoms. The number of benzene rings is 1. The normalized spacial score (nSPS) is 11.1. The lowest BCUT2D eigenvalue weighted by Gasteiger charge is -1.96. The fourth-order valence-electron chi connectivity index (χ4n) is 1.60. The maximum atomic E-state index is 4.04. The predicted molar refractivity (Wildman–Crippen MR) is 51.4 cm³/mol. The summed E-state index contributed by atoms with van der Waals surface area (Å²) in [7, 11) is 0. The molecule has 3 aromatic rings. The molecule has 0 saturated carbocycles. The van der Waals surface area contributed by atoms with Crippen molar-refractivity contribution in [2.45, 2.75) is 0 Å². The molecule has 13 heavy (non-hydrogen) atoms. The van der Waals surface area contributed by atoms with E-state index < -0.39 is 0 Å². The minimum atomic E-state index is 0.928. The number of nitrogens with one attached hydrogen (secondary N) is 1. The highest BCUT2D eigenvalue weighted by Gasteiger charge is 2.00. The molecule has 0 fully saturated rings. The lowest BCUT2D eigenvalue weighted by atomic mass is 10.2. The average Bonchev–Trinajstić information content (AvgIpc) is 2.65. The third-order valence-corrected chi connectivity index (χ3v) is 2.22. The number of hydrogen-bond donors (Lipinski definition) is 1. The first-order valence-corrected chi connectivity index (χ1v) is 4.13. The molecule has 0 amide bonds. The van der Waals surface area contributed by atoms with Crippen LogP contribution in [0, 0.1) is 0 Å². The number of H-pyrrole nitrogens is 1. The van der Waals surface area contributed by atoms with E-state index in [9.17, 15) is 0 Å². The summed E-state index contributed by atoms with van der Waals surface area (Å²) in [6.07, 6.45) is 3.65. The van der Waals surface area contributed by atoms with Crippen molar-refractivity contribution >= 4 is 21.8 Å². The van der Waals surface area contributed by atoms with Gasteiger partial charge in [0.1, 0.15) is 0 Å². The first-order chi connectivity index (χ1) is 6.45. The maximum absolute atomic E-state index is 4.04. The summed E-state index contributed by atoms with van der Waals surface area (Å²) in [5.74, 6) is 0. The molecule has 3 nitrogen and oxygen atoms in total. The summed E-state index contributed by atoms with van der Waals surface area (Å²) in [4.78, 5) is 3.19. The van der Waals surface area contributed by atoms with Crippen molar-refractivity contribution in [1.82, 2.24) is 15.2 Å². The first-order valence-electron chi connectivity index (χ1n) is 4.13. The Bertz CT molecular complexity index is 568. The molecule has 1 N–H and O–H groups in total. The SMILES string of the molecule is c1cc2c(ccc3cc[nH]c32)nn1. The van der Waals surface area contributed by atoms with Crippen LogP contribution < -0.4 is 0 Å². The van der Waals surface area contributed by atoms with Gasteiger partial charge in [0.25, 0.3) is 0 Å². The van der Waals surface area contributed by atoms with Crippen LogP contribution in [-0.2, 0) is 0 Å². The fraction of sp³-hybridized carbons (Fsp3) is 0. The Hall–Kier alpha value is -1.90. The third kappa shape index (κ3) is 0.839. The van der Waals surface area contributed by atoms with Crippen LogP contribution >= 0.6 is 0 Å². The molecular weight excluding hydrogens is 162 g/mol. The lowest BCUT2D eigenvalue weighted by Crippen LogP contribution is -1.82. The van der Waals surface area contributed by atoms with E-state index in [1.54, 1.807) is 6.20 Å². The first kappa shape index (κ1) is 6.60. The average molecular weight is 169 g/mol. The minimum Gasteiger partial charge on any atom is -0.361 e. The highest BCUT2D eigenvalue weighted by molar-refractivity contribution is 6.03. The zero-order valence-electron chi connectivity index (χ0n) is 6.86. The van der Waals surface area contributed by atoms with E-state index >= 15 is 0 Å². The molecule has 1 aromatic carbocycles. The fourth-order valence-corrected chi connectivity index (χ4v) is 1.60. The van der Waals surface area contributed by atoms with Gasteiger partial charge in [-0.2, -0.15) is 10.2 Å². The summed E-state index contributed by atoms with van der Waals surface area (Å²) in [6.45, 7) is 0. The van der Waals surface area contributed by atoms with E-state index in [2.05, 4.69) is 21.2 Å². The quantitative estimate of drug-likeness (QED) is 0.560. The Labute approximate surface area is 74.4 Å². The molecule has 0 unspecified atom stereocenters. The standard InChI is InChI=1S/C10H7N3/c1-2-9-8(4-6-12-13-9)10-7(1)3-5-11-10/h1-6,11H. The summed E-state index contributed by atoms with van der Waals surface area (Å²) in [5, 5.41) is 10.2. The van der Waals surface area contributed by atoms with Crippen LogP contribution in [0.3, 0.4) is 0 Å². The molecule has 3 rings (SSSR count). The van der Waals surface area contributed by atoms with Crippen LogP contribution in [0.25, 0.3) is 21.8 Å². The van der Waals surface area contributed by atoms with Crippen molar-refractivity contribution in [3.63, 3.8) is 0 Å². The van der Waals surface area contributed by atoms with Crippen molar-refractivity contribution in [2.75, 3.05) is 0 Å². The van der Waals surface area contributed by atoms with Crippen molar-refractivity contribution in [1.29, 1.82) is 0 Å². The van der Waals surface area contributed by atoms with E-state index in [1.165, 1.54) is 5.39 Å². The van der Waals surface area contributed by atoms with Crippen molar-refractivity contribution < 1.29 is 0 Å². The summed E-state index contributed by atoms with van der Waals surface area (Å²) in [5.41, 5.74) is 2.06. The van der Waals surface area contributed by atoms with Gasteiger partial charge in [-0.25, -0.2) is 0 Å². The highest BCUT2D eigenvalue weighted by Crippen LogP contribution is 2.21. The van der Waals surface area contributed by atoms with E-state index in [4.69, 9.17) is 0 Å². The second-order valence-corrected chi connectivity index (χ2v) is 2.97. The van der Waals surface area contributed by atoms with E-state index in [-0.39, 0.29) is 0 Å². The van der Waals surface area contributed by atoms with Gasteiger partial charge in [-0.3, -0.25) is 0 Å². The monoisotopic (exact) mass is 169 g/mol. The van der Waals surface area contributed by atoms with Crippen molar-refractivity contribution in [3.8, 4) is 0 Å². The van der Waals surface area contributed by atoms with Gasteiger partial charge in [0.15, 0.2) is 0 Å². The molecule has 0 spiro atoms. The van der Waals surface area contributed by atoms with Crippen LogP contribution in [0.2, 0.25) is 0 Å². The second-order valence-electron chi connectivity index (χ2n) is 2.97. The van der Waals surface area contributed by atoms with Crippen LogP contribution in [0.5, 0.6) is 0 Å². The second kappa shape index (κ2) is 2.29. The highest BCUT2D eigenvalue weighted by atomic mass is 15.1. The summed E-state index contributed by atoms with van der Waals surface area (Å²) < 4.78 is 0. The van der Waals surface area contributed by atoms with Gasteiger partial charge < -0.3 is 4.98 Å². The van der Waals surface area contributed by atoms with Crippen LogP contribution in [0.4, 0.5) is 0 Å². The van der Waals surface area contributed by atoms with E-state index in [0.717, 1.165) is 16.4 Å². The van der Waals surface area contributed by atoms with Gasteiger partial charge >= 0.3 is 0 Å². The maximum Gasteiger partial charge on any atom is 0.0950 e. The van der Waals surface area contributed by atoms with E-state index in [1.807, 2.05) is 24.4 Å². The molecule has 2 heterocycles. The van der Waals surface area contributed by atoms with Gasteiger partial charge in [0.05, 0.1) is 17.2 Å². The number of aromatic nitrogens is 3. The van der Waals surface area contributed by atoms with Crippen molar-refractivity contribution in [2.24, 2.45) is 0 Å². The minimum absolute atomic E-state index is 0.928. The molecule has 0 radical (unpaired) electrons. The number of fused-ring (bicyclic) bond motifs is 3. The molecule has 0 aliphatic heterocycles. The smallest absolute Gasteiger partial charge is 0.0950 e. The third-order valence-electron chi connectivity index (χ3n) is 2.22. The summed E-state index contributed by atoms with van der Waals surface area (Å²) in [6, 6.07) is 8.05.